The van der Waals surface area contributed by atoms with Crippen molar-refractivity contribution in [2.75, 3.05) is 13.2 Å². The molecule has 6 heteroatoms. The minimum Gasteiger partial charge on any atom is -0.494 e. The van der Waals surface area contributed by atoms with Gasteiger partial charge in [-0.15, -0.1) is 0 Å². The number of benzene rings is 2. The fraction of sp³-hybridized carbons (Fsp3) is 0.300. The Morgan fingerprint density at radius 3 is 1.27 bits per heavy atom. The van der Waals surface area contributed by atoms with Crippen molar-refractivity contribution >= 4 is 11.9 Å². The Hall–Kier alpha value is -3.02. The van der Waals surface area contributed by atoms with Crippen LogP contribution < -0.4 is 9.47 Å². The van der Waals surface area contributed by atoms with Crippen LogP contribution in [-0.4, -0.2) is 35.4 Å². The van der Waals surface area contributed by atoms with Crippen LogP contribution in [0.4, 0.5) is 0 Å². The van der Waals surface area contributed by atoms with Crippen molar-refractivity contribution in [1.82, 2.24) is 0 Å². The lowest BCUT2D eigenvalue weighted by Gasteiger charge is -2.08. The molecule has 0 aromatic heterocycles. The number of rotatable bonds is 11. The molecule has 2 aromatic rings. The number of aromatic carboxylic acids is 2. The van der Waals surface area contributed by atoms with Gasteiger partial charge in [-0.25, -0.2) is 9.59 Å². The van der Waals surface area contributed by atoms with Crippen LogP contribution in [0.15, 0.2) is 48.5 Å². The highest BCUT2D eigenvalue weighted by atomic mass is 16.5. The maximum absolute atomic E-state index is 10.8. The predicted octanol–water partition coefficient (Wildman–Crippen LogP) is 4.10. The summed E-state index contributed by atoms with van der Waals surface area (Å²) in [5.41, 5.74) is 0.491. The number of carboxylic acids is 2. The molecular weight excluding hydrogens is 336 g/mol. The molecule has 138 valence electrons. The van der Waals surface area contributed by atoms with E-state index in [1.165, 1.54) is 24.3 Å². The quantitative estimate of drug-likeness (QED) is 0.588. The summed E-state index contributed by atoms with van der Waals surface area (Å²) in [4.78, 5) is 21.5. The van der Waals surface area contributed by atoms with E-state index in [0.29, 0.717) is 24.7 Å². The number of carbonyl (C=O) groups is 2. The first-order valence-corrected chi connectivity index (χ1v) is 8.48. The lowest BCUT2D eigenvalue weighted by Crippen LogP contribution is -2.01. The average Bonchev–Trinajstić information content (AvgIpc) is 2.64. The van der Waals surface area contributed by atoms with Crippen molar-refractivity contribution in [2.45, 2.75) is 25.7 Å². The molecule has 0 fully saturated rings. The third-order valence-electron chi connectivity index (χ3n) is 3.78. The molecular formula is C20H22O6. The Kier molecular flexibility index (Phi) is 7.49. The van der Waals surface area contributed by atoms with Crippen LogP contribution in [0.5, 0.6) is 11.5 Å². The molecule has 0 amide bonds. The number of unbranched alkanes of at least 4 members (excludes halogenated alkanes) is 3. The van der Waals surface area contributed by atoms with E-state index in [2.05, 4.69) is 0 Å². The number of ether oxygens (including phenoxy) is 2. The summed E-state index contributed by atoms with van der Waals surface area (Å²) in [6, 6.07) is 12.7. The molecule has 0 bridgehead atoms. The minimum absolute atomic E-state index is 0.245. The normalized spacial score (nSPS) is 10.3. The van der Waals surface area contributed by atoms with Crippen molar-refractivity contribution < 1.29 is 29.3 Å². The minimum atomic E-state index is -0.948. The Balaban J connectivity index is 1.52. The first-order valence-electron chi connectivity index (χ1n) is 8.48. The van der Waals surface area contributed by atoms with Crippen LogP contribution in [0.3, 0.4) is 0 Å². The molecule has 0 spiro atoms. The highest BCUT2D eigenvalue weighted by molar-refractivity contribution is 5.88. The van der Waals surface area contributed by atoms with Crippen molar-refractivity contribution in [2.24, 2.45) is 0 Å². The first kappa shape index (κ1) is 19.3. The van der Waals surface area contributed by atoms with Crippen molar-refractivity contribution in [3.05, 3.63) is 59.7 Å². The van der Waals surface area contributed by atoms with Gasteiger partial charge in [-0.3, -0.25) is 0 Å². The van der Waals surface area contributed by atoms with Gasteiger partial charge in [0.1, 0.15) is 11.5 Å². The molecule has 2 aromatic carbocycles. The summed E-state index contributed by atoms with van der Waals surface area (Å²) in [5.74, 6) is -0.556. The van der Waals surface area contributed by atoms with E-state index >= 15 is 0 Å². The van der Waals surface area contributed by atoms with Crippen LogP contribution >= 0.6 is 0 Å². The summed E-state index contributed by atoms with van der Waals surface area (Å²) < 4.78 is 11.1. The van der Waals surface area contributed by atoms with Gasteiger partial charge in [0.15, 0.2) is 0 Å². The van der Waals surface area contributed by atoms with E-state index in [1.54, 1.807) is 24.3 Å². The topological polar surface area (TPSA) is 93.1 Å². The fourth-order valence-corrected chi connectivity index (χ4v) is 2.33. The lowest BCUT2D eigenvalue weighted by molar-refractivity contribution is 0.0686. The van der Waals surface area contributed by atoms with Crippen LogP contribution in [0.2, 0.25) is 0 Å². The SMILES string of the molecule is O=C(O)c1ccc(OCCCCCCOc2ccc(C(=O)O)cc2)cc1. The number of carboxylic acid groups (broad SMARTS) is 2. The van der Waals surface area contributed by atoms with Crippen LogP contribution in [0.1, 0.15) is 46.4 Å². The van der Waals surface area contributed by atoms with E-state index in [1.807, 2.05) is 0 Å². The third kappa shape index (κ3) is 6.47. The highest BCUT2D eigenvalue weighted by Gasteiger charge is 2.03. The second kappa shape index (κ2) is 10.1. The average molecular weight is 358 g/mol. The van der Waals surface area contributed by atoms with Gasteiger partial charge in [0.25, 0.3) is 0 Å². The van der Waals surface area contributed by atoms with Crippen molar-refractivity contribution in [1.29, 1.82) is 0 Å². The van der Waals surface area contributed by atoms with Gasteiger partial charge in [-0.05, 0) is 74.2 Å². The Labute approximate surface area is 152 Å². The molecule has 0 aliphatic rings. The molecule has 0 unspecified atom stereocenters. The molecule has 0 saturated heterocycles. The first-order chi connectivity index (χ1) is 12.6. The zero-order chi connectivity index (χ0) is 18.8. The molecule has 0 atom stereocenters. The summed E-state index contributed by atoms with van der Waals surface area (Å²) in [6.07, 6.45) is 3.84. The van der Waals surface area contributed by atoms with E-state index in [0.717, 1.165) is 25.7 Å². The Morgan fingerprint density at radius 1 is 0.615 bits per heavy atom. The van der Waals surface area contributed by atoms with Gasteiger partial charge >= 0.3 is 11.9 Å². The third-order valence-corrected chi connectivity index (χ3v) is 3.78. The number of hydrogen-bond donors (Lipinski definition) is 2. The van der Waals surface area contributed by atoms with Gasteiger partial charge in [0.2, 0.25) is 0 Å². The number of hydrogen-bond acceptors (Lipinski definition) is 4. The monoisotopic (exact) mass is 358 g/mol. The Morgan fingerprint density at radius 2 is 0.962 bits per heavy atom. The van der Waals surface area contributed by atoms with E-state index in [4.69, 9.17) is 19.7 Å². The second-order valence-corrected chi connectivity index (χ2v) is 5.77. The maximum atomic E-state index is 10.8. The predicted molar refractivity (Wildman–Crippen MR) is 96.3 cm³/mol. The van der Waals surface area contributed by atoms with Gasteiger partial charge in [0, 0.05) is 0 Å². The lowest BCUT2D eigenvalue weighted by atomic mass is 10.2. The zero-order valence-corrected chi connectivity index (χ0v) is 14.4. The molecule has 26 heavy (non-hydrogen) atoms. The molecule has 2 N–H and O–H groups in total. The summed E-state index contributed by atoms with van der Waals surface area (Å²) in [6.45, 7) is 1.17. The smallest absolute Gasteiger partial charge is 0.335 e. The second-order valence-electron chi connectivity index (χ2n) is 5.77. The summed E-state index contributed by atoms with van der Waals surface area (Å²) in [7, 11) is 0. The standard InChI is InChI=1S/C20H22O6/c21-19(22)15-5-9-17(10-6-15)25-13-3-1-2-4-14-26-18-11-7-16(8-12-18)20(23)24/h5-12H,1-4,13-14H2,(H,21,22)(H,23,24). The van der Waals surface area contributed by atoms with Gasteiger partial charge in [-0.1, -0.05) is 0 Å². The maximum Gasteiger partial charge on any atom is 0.335 e. The zero-order valence-electron chi connectivity index (χ0n) is 14.4. The molecule has 0 radical (unpaired) electrons. The summed E-state index contributed by atoms with van der Waals surface area (Å²) >= 11 is 0. The van der Waals surface area contributed by atoms with Gasteiger partial charge in [-0.2, -0.15) is 0 Å². The van der Waals surface area contributed by atoms with Crippen molar-refractivity contribution in [3.8, 4) is 11.5 Å². The van der Waals surface area contributed by atoms with Crippen LogP contribution in [-0.2, 0) is 0 Å². The van der Waals surface area contributed by atoms with E-state index in [-0.39, 0.29) is 11.1 Å². The molecule has 6 nitrogen and oxygen atoms in total. The van der Waals surface area contributed by atoms with E-state index in [9.17, 15) is 9.59 Å². The largest absolute Gasteiger partial charge is 0.494 e. The molecule has 0 aliphatic heterocycles. The molecule has 0 saturated carbocycles. The van der Waals surface area contributed by atoms with Gasteiger partial charge in [0.05, 0.1) is 24.3 Å². The van der Waals surface area contributed by atoms with Crippen LogP contribution in [0.25, 0.3) is 0 Å². The van der Waals surface area contributed by atoms with E-state index < -0.39 is 11.9 Å². The summed E-state index contributed by atoms with van der Waals surface area (Å²) in [5, 5.41) is 17.6. The highest BCUT2D eigenvalue weighted by Crippen LogP contribution is 2.14. The molecule has 0 heterocycles. The Bertz CT molecular complexity index is 643. The molecule has 2 rings (SSSR count). The fourth-order valence-electron chi connectivity index (χ4n) is 2.33. The van der Waals surface area contributed by atoms with Crippen LogP contribution in [0, 0.1) is 0 Å². The van der Waals surface area contributed by atoms with Gasteiger partial charge < -0.3 is 19.7 Å². The van der Waals surface area contributed by atoms with Crippen molar-refractivity contribution in [3.63, 3.8) is 0 Å². The molecule has 0 aliphatic carbocycles.